The Morgan fingerprint density at radius 1 is 1.12 bits per heavy atom. The number of nitrogens with zero attached hydrogens (tertiary/aromatic N) is 3. The average Bonchev–Trinajstić information content (AvgIpc) is 2.27. The normalized spacial score (nSPS) is 10.4. The minimum absolute atomic E-state index is 0.0368. The van der Waals surface area contributed by atoms with E-state index in [0.29, 0.717) is 5.69 Å². The number of nitrogens with one attached hydrogen (secondary N) is 1. The lowest BCUT2D eigenvalue weighted by molar-refractivity contribution is 0.628. The molecule has 0 amide bonds. The molecule has 2 aromatic rings. The molecule has 88 valence electrons. The van der Waals surface area contributed by atoms with Crippen molar-refractivity contribution in [3.05, 3.63) is 39.5 Å². The summed E-state index contributed by atoms with van der Waals surface area (Å²) in [5.74, 6) is -0.245. The van der Waals surface area contributed by atoms with Crippen LogP contribution in [0.3, 0.4) is 0 Å². The Bertz CT molecular complexity index is 564. The molecule has 0 aliphatic carbocycles. The molecular weight excluding hydrogens is 289 g/mol. The first-order chi connectivity index (χ1) is 8.06. The molecule has 0 saturated heterocycles. The zero-order valence-corrected chi connectivity index (χ0v) is 10.4. The van der Waals surface area contributed by atoms with Crippen LogP contribution in [0.25, 0.3) is 0 Å². The zero-order chi connectivity index (χ0) is 12.4. The van der Waals surface area contributed by atoms with Crippen molar-refractivity contribution in [2.75, 3.05) is 5.32 Å². The van der Waals surface area contributed by atoms with Crippen molar-refractivity contribution in [2.45, 2.75) is 0 Å². The maximum absolute atomic E-state index is 12.8. The summed E-state index contributed by atoms with van der Waals surface area (Å²) in [7, 11) is 0. The van der Waals surface area contributed by atoms with E-state index in [1.54, 1.807) is 0 Å². The minimum Gasteiger partial charge on any atom is -0.336 e. The van der Waals surface area contributed by atoms with Gasteiger partial charge in [-0.3, -0.25) is 0 Å². The molecule has 1 heterocycles. The molecular formula is C9H4Cl3FN4. The third kappa shape index (κ3) is 2.94. The molecule has 0 atom stereocenters. The summed E-state index contributed by atoms with van der Waals surface area (Å²) in [5.41, 5.74) is 0.437. The highest BCUT2D eigenvalue weighted by molar-refractivity contribution is 6.34. The average molecular weight is 294 g/mol. The van der Waals surface area contributed by atoms with Gasteiger partial charge >= 0.3 is 0 Å². The molecule has 0 unspecified atom stereocenters. The van der Waals surface area contributed by atoms with Crippen LogP contribution in [0.5, 0.6) is 0 Å². The second-order valence-corrected chi connectivity index (χ2v) is 4.07. The third-order valence-corrected chi connectivity index (χ3v) is 2.53. The first kappa shape index (κ1) is 12.3. The van der Waals surface area contributed by atoms with Crippen molar-refractivity contribution in [3.8, 4) is 0 Å². The first-order valence-corrected chi connectivity index (χ1v) is 5.47. The van der Waals surface area contributed by atoms with Crippen molar-refractivity contribution in [1.82, 2.24) is 15.2 Å². The quantitative estimate of drug-likeness (QED) is 0.917. The summed E-state index contributed by atoms with van der Waals surface area (Å²) in [4.78, 5) is 3.83. The summed E-state index contributed by atoms with van der Waals surface area (Å²) in [6, 6.07) is 3.86. The Morgan fingerprint density at radius 2 is 1.88 bits per heavy atom. The van der Waals surface area contributed by atoms with Crippen molar-refractivity contribution < 1.29 is 4.39 Å². The highest BCUT2D eigenvalue weighted by Crippen LogP contribution is 2.27. The molecule has 1 aromatic carbocycles. The largest absolute Gasteiger partial charge is 0.336 e. The van der Waals surface area contributed by atoms with Crippen LogP contribution in [-0.2, 0) is 0 Å². The highest BCUT2D eigenvalue weighted by atomic mass is 35.5. The molecule has 0 radical (unpaired) electrons. The Hall–Kier alpha value is -1.17. The summed E-state index contributed by atoms with van der Waals surface area (Å²) >= 11 is 17.2. The maximum Gasteiger partial charge on any atom is 0.245 e. The molecule has 0 spiro atoms. The van der Waals surface area contributed by atoms with Gasteiger partial charge < -0.3 is 5.32 Å². The number of halogens is 4. The Morgan fingerprint density at radius 3 is 2.59 bits per heavy atom. The van der Waals surface area contributed by atoms with Gasteiger partial charge in [0, 0.05) is 0 Å². The van der Waals surface area contributed by atoms with Gasteiger partial charge in [-0.05, 0) is 29.8 Å². The summed E-state index contributed by atoms with van der Waals surface area (Å²) in [5, 5.41) is 9.97. The van der Waals surface area contributed by atoms with E-state index in [1.165, 1.54) is 12.1 Å². The second kappa shape index (κ2) is 5.00. The van der Waals surface area contributed by atoms with E-state index in [9.17, 15) is 4.39 Å². The van der Waals surface area contributed by atoms with Crippen LogP contribution in [0.2, 0.25) is 15.5 Å². The van der Waals surface area contributed by atoms with E-state index in [0.717, 1.165) is 6.07 Å². The van der Waals surface area contributed by atoms with E-state index in [-0.39, 0.29) is 21.3 Å². The second-order valence-electron chi connectivity index (χ2n) is 2.97. The van der Waals surface area contributed by atoms with Gasteiger partial charge in [0.15, 0.2) is 11.0 Å². The van der Waals surface area contributed by atoms with Gasteiger partial charge in [-0.15, -0.1) is 10.2 Å². The Balaban J connectivity index is 2.34. The van der Waals surface area contributed by atoms with Crippen LogP contribution >= 0.6 is 34.8 Å². The van der Waals surface area contributed by atoms with E-state index in [1.807, 2.05) is 0 Å². The van der Waals surface area contributed by atoms with Gasteiger partial charge in [0.05, 0.1) is 10.7 Å². The SMILES string of the molecule is Fc1ccc(Nc2nc(Cl)nnc2Cl)c(Cl)c1. The van der Waals surface area contributed by atoms with E-state index in [4.69, 9.17) is 34.8 Å². The predicted octanol–water partition coefficient (Wildman–Crippen LogP) is 3.71. The minimum atomic E-state index is -0.439. The standard InChI is InChI=1S/C9H4Cl3FN4/c10-5-3-4(13)1-2-6(5)14-8-7(11)16-17-9(12)15-8/h1-3H,(H,14,15,17). The zero-order valence-electron chi connectivity index (χ0n) is 8.09. The van der Waals surface area contributed by atoms with Crippen LogP contribution in [-0.4, -0.2) is 15.2 Å². The monoisotopic (exact) mass is 292 g/mol. The van der Waals surface area contributed by atoms with E-state index in [2.05, 4.69) is 20.5 Å². The molecule has 1 N–H and O–H groups in total. The van der Waals surface area contributed by atoms with Crippen molar-refractivity contribution >= 4 is 46.3 Å². The van der Waals surface area contributed by atoms with Gasteiger partial charge in [-0.2, -0.15) is 4.98 Å². The van der Waals surface area contributed by atoms with E-state index >= 15 is 0 Å². The Kier molecular flexibility index (Phi) is 3.61. The van der Waals surface area contributed by atoms with Crippen LogP contribution in [0.15, 0.2) is 18.2 Å². The fraction of sp³-hybridized carbons (Fsp3) is 0. The van der Waals surface area contributed by atoms with Gasteiger partial charge in [-0.1, -0.05) is 23.2 Å². The van der Waals surface area contributed by atoms with Gasteiger partial charge in [0.25, 0.3) is 0 Å². The fourth-order valence-corrected chi connectivity index (χ4v) is 1.56. The molecule has 17 heavy (non-hydrogen) atoms. The topological polar surface area (TPSA) is 50.7 Å². The molecule has 0 fully saturated rings. The lowest BCUT2D eigenvalue weighted by Crippen LogP contribution is -1.99. The molecule has 4 nitrogen and oxygen atoms in total. The summed E-state index contributed by atoms with van der Waals surface area (Å²) in [6.45, 7) is 0. The van der Waals surface area contributed by atoms with Crippen LogP contribution < -0.4 is 5.32 Å². The molecule has 0 aliphatic heterocycles. The van der Waals surface area contributed by atoms with E-state index < -0.39 is 5.82 Å². The number of rotatable bonds is 2. The molecule has 0 saturated carbocycles. The van der Waals surface area contributed by atoms with Crippen molar-refractivity contribution in [3.63, 3.8) is 0 Å². The first-order valence-electron chi connectivity index (χ1n) is 4.34. The van der Waals surface area contributed by atoms with Crippen LogP contribution in [0.1, 0.15) is 0 Å². The third-order valence-electron chi connectivity index (χ3n) is 1.80. The fourth-order valence-electron chi connectivity index (χ4n) is 1.09. The van der Waals surface area contributed by atoms with Crippen LogP contribution in [0, 0.1) is 5.82 Å². The molecule has 1 aromatic heterocycles. The van der Waals surface area contributed by atoms with Crippen LogP contribution in [0.4, 0.5) is 15.9 Å². The number of hydrogen-bond donors (Lipinski definition) is 1. The summed E-state index contributed by atoms with van der Waals surface area (Å²) in [6.07, 6.45) is 0. The maximum atomic E-state index is 12.8. The number of benzene rings is 1. The lowest BCUT2D eigenvalue weighted by atomic mass is 10.3. The van der Waals surface area contributed by atoms with Gasteiger partial charge in [-0.25, -0.2) is 4.39 Å². The number of anilines is 2. The smallest absolute Gasteiger partial charge is 0.245 e. The molecule has 0 aliphatic rings. The summed E-state index contributed by atoms with van der Waals surface area (Å²) < 4.78 is 12.8. The Labute approximate surface area is 111 Å². The van der Waals surface area contributed by atoms with Crippen molar-refractivity contribution in [2.24, 2.45) is 0 Å². The molecule has 2 rings (SSSR count). The van der Waals surface area contributed by atoms with Gasteiger partial charge in [0.2, 0.25) is 5.28 Å². The van der Waals surface area contributed by atoms with Gasteiger partial charge in [0.1, 0.15) is 5.82 Å². The van der Waals surface area contributed by atoms with Crippen molar-refractivity contribution in [1.29, 1.82) is 0 Å². The molecule has 8 heteroatoms. The molecule has 0 bridgehead atoms. The predicted molar refractivity (Wildman–Crippen MR) is 64.5 cm³/mol. The lowest BCUT2D eigenvalue weighted by Gasteiger charge is -2.08. The number of hydrogen-bond acceptors (Lipinski definition) is 4. The highest BCUT2D eigenvalue weighted by Gasteiger charge is 2.09. The number of aromatic nitrogens is 3.